The Bertz CT molecular complexity index is 707. The van der Waals surface area contributed by atoms with Crippen molar-refractivity contribution in [3.05, 3.63) is 41.6 Å². The molecule has 0 aliphatic rings. The Balaban J connectivity index is 2.75. The van der Waals surface area contributed by atoms with Gasteiger partial charge in [-0.25, -0.2) is 4.79 Å². The molecule has 0 spiro atoms. The van der Waals surface area contributed by atoms with Crippen molar-refractivity contribution in [1.29, 1.82) is 5.26 Å². The van der Waals surface area contributed by atoms with Crippen molar-refractivity contribution in [2.75, 3.05) is 25.0 Å². The first-order chi connectivity index (χ1) is 12.0. The van der Waals surface area contributed by atoms with Gasteiger partial charge in [0.15, 0.2) is 0 Å². The van der Waals surface area contributed by atoms with Gasteiger partial charge >= 0.3 is 5.97 Å². The summed E-state index contributed by atoms with van der Waals surface area (Å²) in [6.45, 7) is 4.01. The number of carbonyl (C=O) groups excluding carboxylic acids is 3. The predicted octanol–water partition coefficient (Wildman–Crippen LogP) is 0.935. The lowest BCUT2D eigenvalue weighted by atomic mass is 10.1. The van der Waals surface area contributed by atoms with Crippen LogP contribution in [0.2, 0.25) is 0 Å². The van der Waals surface area contributed by atoms with Gasteiger partial charge in [-0.15, -0.1) is 0 Å². The summed E-state index contributed by atoms with van der Waals surface area (Å²) in [5.74, 6) is -1.39. The second-order valence-electron chi connectivity index (χ2n) is 4.83. The molecular weight excluding hydrogens is 324 g/mol. The summed E-state index contributed by atoms with van der Waals surface area (Å²) in [5, 5.41) is 17.0. The minimum absolute atomic E-state index is 0.165. The molecule has 0 aliphatic carbocycles. The molecule has 132 valence electrons. The molecule has 0 radical (unpaired) electrons. The van der Waals surface area contributed by atoms with Crippen LogP contribution in [0.25, 0.3) is 0 Å². The molecule has 3 N–H and O–H groups in total. The maximum absolute atomic E-state index is 12.2. The number of nitriles is 1. The quantitative estimate of drug-likeness (QED) is 0.279. The summed E-state index contributed by atoms with van der Waals surface area (Å²) >= 11 is 0. The number of ether oxygens (including phenoxy) is 1. The monoisotopic (exact) mass is 344 g/mol. The zero-order valence-corrected chi connectivity index (χ0v) is 14.1. The molecular formula is C17H20N4O4. The van der Waals surface area contributed by atoms with Crippen molar-refractivity contribution in [1.82, 2.24) is 10.6 Å². The van der Waals surface area contributed by atoms with Crippen LogP contribution in [0.3, 0.4) is 0 Å². The van der Waals surface area contributed by atoms with Crippen LogP contribution in [-0.4, -0.2) is 37.5 Å². The van der Waals surface area contributed by atoms with Crippen molar-refractivity contribution in [2.24, 2.45) is 0 Å². The van der Waals surface area contributed by atoms with Gasteiger partial charge in [0.2, 0.25) is 5.91 Å². The van der Waals surface area contributed by atoms with Crippen molar-refractivity contribution in [3.63, 3.8) is 0 Å². The summed E-state index contributed by atoms with van der Waals surface area (Å²) < 4.78 is 4.93. The third kappa shape index (κ3) is 6.74. The topological polar surface area (TPSA) is 120 Å². The minimum Gasteiger partial charge on any atom is -0.462 e. The number of nitrogens with one attached hydrogen (secondary N) is 3. The number of carbonyl (C=O) groups is 3. The van der Waals surface area contributed by atoms with Gasteiger partial charge in [-0.1, -0.05) is 12.1 Å². The van der Waals surface area contributed by atoms with E-state index in [4.69, 9.17) is 10.00 Å². The highest BCUT2D eigenvalue weighted by Crippen LogP contribution is 2.17. The van der Waals surface area contributed by atoms with E-state index in [9.17, 15) is 14.4 Å². The Kier molecular flexibility index (Phi) is 8.23. The van der Waals surface area contributed by atoms with Gasteiger partial charge in [-0.2, -0.15) is 5.26 Å². The summed E-state index contributed by atoms with van der Waals surface area (Å²) in [6.07, 6.45) is 1.25. The van der Waals surface area contributed by atoms with Crippen LogP contribution in [0.4, 0.5) is 5.69 Å². The van der Waals surface area contributed by atoms with Gasteiger partial charge in [-0.3, -0.25) is 9.59 Å². The van der Waals surface area contributed by atoms with Gasteiger partial charge in [-0.05, 0) is 19.1 Å². The largest absolute Gasteiger partial charge is 0.462 e. The van der Waals surface area contributed by atoms with Crippen LogP contribution in [-0.2, 0) is 14.3 Å². The second-order valence-corrected chi connectivity index (χ2v) is 4.83. The van der Waals surface area contributed by atoms with Crippen molar-refractivity contribution in [2.45, 2.75) is 13.8 Å². The summed E-state index contributed by atoms with van der Waals surface area (Å²) in [6, 6.07) is 8.14. The first-order valence-corrected chi connectivity index (χ1v) is 7.65. The number of anilines is 1. The molecule has 0 unspecified atom stereocenters. The first kappa shape index (κ1) is 19.7. The van der Waals surface area contributed by atoms with Crippen LogP contribution >= 0.6 is 0 Å². The van der Waals surface area contributed by atoms with E-state index in [0.29, 0.717) is 13.1 Å². The smallest absolute Gasteiger partial charge is 0.340 e. The van der Waals surface area contributed by atoms with Gasteiger partial charge < -0.3 is 20.7 Å². The highest BCUT2D eigenvalue weighted by Gasteiger charge is 2.16. The average Bonchev–Trinajstić information content (AvgIpc) is 2.58. The molecule has 0 saturated heterocycles. The van der Waals surface area contributed by atoms with E-state index in [2.05, 4.69) is 16.0 Å². The van der Waals surface area contributed by atoms with E-state index < -0.39 is 11.9 Å². The number of benzene rings is 1. The highest BCUT2D eigenvalue weighted by molar-refractivity contribution is 6.09. The van der Waals surface area contributed by atoms with Crippen molar-refractivity contribution >= 4 is 23.5 Å². The Morgan fingerprint density at radius 3 is 2.60 bits per heavy atom. The maximum atomic E-state index is 12.2. The van der Waals surface area contributed by atoms with Gasteiger partial charge in [0.1, 0.15) is 11.6 Å². The van der Waals surface area contributed by atoms with Crippen LogP contribution in [0, 0.1) is 11.3 Å². The standard InChI is InChI=1S/C17H20N4O4/c1-3-25-17(24)14-6-4-5-7-15(14)21-16(23)13(10-18)11-19-8-9-20-12(2)22/h4-7,11,19H,3,8-9H2,1-2H3,(H,20,22)(H,21,23)/b13-11-. The number of rotatable bonds is 8. The summed E-state index contributed by atoms with van der Waals surface area (Å²) in [4.78, 5) is 34.8. The fourth-order valence-electron chi connectivity index (χ4n) is 1.80. The number of hydrogen-bond acceptors (Lipinski definition) is 6. The molecule has 1 aromatic rings. The maximum Gasteiger partial charge on any atom is 0.340 e. The Hall–Kier alpha value is -3.34. The van der Waals surface area contributed by atoms with E-state index in [1.165, 1.54) is 19.2 Å². The number of nitrogens with zero attached hydrogens (tertiary/aromatic N) is 1. The van der Waals surface area contributed by atoms with E-state index in [1.807, 2.05) is 0 Å². The number of para-hydroxylation sites is 1. The summed E-state index contributed by atoms with van der Waals surface area (Å²) in [7, 11) is 0. The van der Waals surface area contributed by atoms with Gasteiger partial charge in [0, 0.05) is 26.2 Å². The lowest BCUT2D eigenvalue weighted by Gasteiger charge is -2.10. The van der Waals surface area contributed by atoms with E-state index in [-0.39, 0.29) is 29.3 Å². The van der Waals surface area contributed by atoms with Crippen LogP contribution in [0.15, 0.2) is 36.0 Å². The zero-order chi connectivity index (χ0) is 18.7. The lowest BCUT2D eigenvalue weighted by molar-refractivity contribution is -0.119. The third-order valence-corrected chi connectivity index (χ3v) is 2.93. The van der Waals surface area contributed by atoms with Crippen molar-refractivity contribution in [3.8, 4) is 6.07 Å². The minimum atomic E-state index is -0.661. The summed E-state index contributed by atoms with van der Waals surface area (Å²) in [5.41, 5.74) is 0.292. The Labute approximate surface area is 145 Å². The molecule has 0 fully saturated rings. The predicted molar refractivity (Wildman–Crippen MR) is 91.4 cm³/mol. The molecule has 1 rings (SSSR count). The van der Waals surface area contributed by atoms with Crippen LogP contribution in [0.5, 0.6) is 0 Å². The molecule has 25 heavy (non-hydrogen) atoms. The normalized spacial score (nSPS) is 10.4. The first-order valence-electron chi connectivity index (χ1n) is 7.65. The van der Waals surface area contributed by atoms with Crippen LogP contribution in [0.1, 0.15) is 24.2 Å². The molecule has 0 saturated carbocycles. The van der Waals surface area contributed by atoms with Gasteiger partial charge in [0.05, 0.1) is 17.9 Å². The van der Waals surface area contributed by atoms with Gasteiger partial charge in [0.25, 0.3) is 5.91 Å². The van der Waals surface area contributed by atoms with E-state index in [0.717, 1.165) is 0 Å². The average molecular weight is 344 g/mol. The molecule has 0 aliphatic heterocycles. The second kappa shape index (κ2) is 10.4. The molecule has 0 aromatic heterocycles. The molecule has 1 aromatic carbocycles. The van der Waals surface area contributed by atoms with Crippen molar-refractivity contribution < 1.29 is 19.1 Å². The number of amides is 2. The molecule has 0 heterocycles. The van der Waals surface area contributed by atoms with Crippen LogP contribution < -0.4 is 16.0 Å². The Morgan fingerprint density at radius 1 is 1.24 bits per heavy atom. The third-order valence-electron chi connectivity index (χ3n) is 2.93. The fraction of sp³-hybridized carbons (Fsp3) is 0.294. The fourth-order valence-corrected chi connectivity index (χ4v) is 1.80. The Morgan fingerprint density at radius 2 is 1.96 bits per heavy atom. The zero-order valence-electron chi connectivity index (χ0n) is 14.1. The molecule has 0 bridgehead atoms. The highest BCUT2D eigenvalue weighted by atomic mass is 16.5. The van der Waals surface area contributed by atoms with E-state index in [1.54, 1.807) is 31.2 Å². The molecule has 2 amide bonds. The number of hydrogen-bond donors (Lipinski definition) is 3. The molecule has 0 atom stereocenters. The molecule has 8 nitrogen and oxygen atoms in total. The van der Waals surface area contributed by atoms with E-state index >= 15 is 0 Å². The SMILES string of the molecule is CCOC(=O)c1ccccc1NC(=O)/C(C#N)=C\NCCNC(C)=O. The lowest BCUT2D eigenvalue weighted by Crippen LogP contribution is -2.28. The molecule has 8 heteroatoms. The number of esters is 1.